The average molecular weight is 479 g/mol. The minimum Gasteiger partial charge on any atom is -0.331 e. The molecule has 3 aromatic rings. The van der Waals surface area contributed by atoms with Crippen molar-refractivity contribution in [1.29, 1.82) is 0 Å². The summed E-state index contributed by atoms with van der Waals surface area (Å²) in [6.45, 7) is 2.06. The summed E-state index contributed by atoms with van der Waals surface area (Å²) < 4.78 is 30.2. The number of amides is 1. The maximum atomic E-state index is 13.1. The van der Waals surface area contributed by atoms with Gasteiger partial charge in [0.1, 0.15) is 5.82 Å². The molecule has 1 aliphatic heterocycles. The van der Waals surface area contributed by atoms with Crippen LogP contribution < -0.4 is 4.72 Å². The van der Waals surface area contributed by atoms with E-state index in [-0.39, 0.29) is 29.8 Å². The number of carbonyl (C=O) groups is 1. The molecule has 0 radical (unpaired) electrons. The summed E-state index contributed by atoms with van der Waals surface area (Å²) in [6.07, 6.45) is 1.54. The van der Waals surface area contributed by atoms with Crippen molar-refractivity contribution < 1.29 is 13.2 Å². The molecule has 0 unspecified atom stereocenters. The second-order valence-electron chi connectivity index (χ2n) is 7.34. The second kappa shape index (κ2) is 8.18. The Kier molecular flexibility index (Phi) is 5.72. The molecule has 0 spiro atoms. The van der Waals surface area contributed by atoms with E-state index in [1.54, 1.807) is 48.3 Å². The molecule has 0 saturated heterocycles. The lowest BCUT2D eigenvalue weighted by Gasteiger charge is -2.22. The predicted molar refractivity (Wildman–Crippen MR) is 120 cm³/mol. The Bertz CT molecular complexity index is 1250. The third-order valence-corrected chi connectivity index (χ3v) is 7.62. The molecule has 0 aliphatic carbocycles. The first-order valence-electron chi connectivity index (χ1n) is 9.54. The minimum atomic E-state index is -3.87. The quantitative estimate of drug-likeness (QED) is 0.596. The molecule has 0 saturated carbocycles. The molecule has 31 heavy (non-hydrogen) atoms. The van der Waals surface area contributed by atoms with Gasteiger partial charge in [-0.05, 0) is 41.8 Å². The van der Waals surface area contributed by atoms with Crippen molar-refractivity contribution in [3.8, 4) is 0 Å². The molecule has 1 aliphatic rings. The molecular weight excluding hydrogens is 459 g/mol. The van der Waals surface area contributed by atoms with Gasteiger partial charge in [0.2, 0.25) is 5.91 Å². The summed E-state index contributed by atoms with van der Waals surface area (Å²) >= 11 is 12.4. The predicted octanol–water partition coefficient (Wildman–Crippen LogP) is 4.17. The number of hydrogen-bond donors (Lipinski definition) is 1. The first kappa shape index (κ1) is 21.7. The van der Waals surface area contributed by atoms with Gasteiger partial charge >= 0.3 is 0 Å². The van der Waals surface area contributed by atoms with Crippen LogP contribution in [0.4, 0.5) is 5.82 Å². The Morgan fingerprint density at radius 3 is 2.48 bits per heavy atom. The van der Waals surface area contributed by atoms with E-state index in [2.05, 4.69) is 9.82 Å². The van der Waals surface area contributed by atoms with Crippen LogP contribution in [0.5, 0.6) is 0 Å². The van der Waals surface area contributed by atoms with Crippen LogP contribution in [0.15, 0.2) is 53.6 Å². The monoisotopic (exact) mass is 478 g/mol. The van der Waals surface area contributed by atoms with Gasteiger partial charge in [-0.3, -0.25) is 14.2 Å². The Hall–Kier alpha value is -2.55. The van der Waals surface area contributed by atoms with Crippen molar-refractivity contribution in [2.75, 3.05) is 4.72 Å². The fourth-order valence-electron chi connectivity index (χ4n) is 3.80. The third kappa shape index (κ3) is 4.03. The van der Waals surface area contributed by atoms with Gasteiger partial charge in [0, 0.05) is 29.7 Å². The first-order chi connectivity index (χ1) is 14.7. The summed E-state index contributed by atoms with van der Waals surface area (Å²) in [5.74, 6) is 0.173. The summed E-state index contributed by atoms with van der Waals surface area (Å²) in [5.41, 5.74) is 1.96. The fourth-order valence-corrected chi connectivity index (χ4v) is 5.68. The van der Waals surface area contributed by atoms with Gasteiger partial charge in [0.15, 0.2) is 0 Å². The van der Waals surface area contributed by atoms with Crippen molar-refractivity contribution in [3.63, 3.8) is 0 Å². The van der Waals surface area contributed by atoms with Gasteiger partial charge in [-0.15, -0.1) is 0 Å². The lowest BCUT2D eigenvalue weighted by atomic mass is 10.1. The second-order valence-corrected chi connectivity index (χ2v) is 9.81. The number of aromatic nitrogens is 2. The highest BCUT2D eigenvalue weighted by molar-refractivity contribution is 7.92. The number of sulfonamides is 1. The topological polar surface area (TPSA) is 84.3 Å². The van der Waals surface area contributed by atoms with Gasteiger partial charge in [-0.2, -0.15) is 5.10 Å². The number of nitrogens with zero attached hydrogens (tertiary/aromatic N) is 3. The molecule has 1 aromatic heterocycles. The summed E-state index contributed by atoms with van der Waals surface area (Å²) in [5, 5.41) is 4.83. The number of aryl methyl sites for hydroxylation is 1. The van der Waals surface area contributed by atoms with Crippen molar-refractivity contribution in [3.05, 3.63) is 75.4 Å². The maximum absolute atomic E-state index is 13.1. The van der Waals surface area contributed by atoms with E-state index in [4.69, 9.17) is 23.2 Å². The number of benzene rings is 2. The molecule has 2 aromatic carbocycles. The minimum absolute atomic E-state index is 0.0339. The van der Waals surface area contributed by atoms with Crippen LogP contribution in [-0.2, 0) is 34.8 Å². The molecular formula is C21H20Cl2N4O3S. The molecule has 1 amide bonds. The number of fused-ring (bicyclic) bond motifs is 1. The Balaban J connectivity index is 1.63. The lowest BCUT2D eigenvalue weighted by Crippen LogP contribution is -2.30. The number of anilines is 1. The molecule has 1 N–H and O–H groups in total. The highest BCUT2D eigenvalue weighted by atomic mass is 35.5. The number of carbonyl (C=O) groups excluding carboxylic acids is 1. The van der Waals surface area contributed by atoms with E-state index >= 15 is 0 Å². The highest BCUT2D eigenvalue weighted by Gasteiger charge is 2.35. The number of halogens is 2. The van der Waals surface area contributed by atoms with Crippen LogP contribution in [0.2, 0.25) is 10.0 Å². The largest absolute Gasteiger partial charge is 0.331 e. The van der Waals surface area contributed by atoms with Crippen molar-refractivity contribution in [2.24, 2.45) is 7.05 Å². The summed E-state index contributed by atoms with van der Waals surface area (Å²) in [7, 11) is -2.22. The molecule has 4 rings (SSSR count). The van der Waals surface area contributed by atoms with Crippen molar-refractivity contribution in [1.82, 2.24) is 14.7 Å². The fraction of sp³-hybridized carbons (Fsp3) is 0.238. The van der Waals surface area contributed by atoms with E-state index < -0.39 is 10.0 Å². The van der Waals surface area contributed by atoms with Gasteiger partial charge in [0.25, 0.3) is 10.0 Å². The molecule has 162 valence electrons. The van der Waals surface area contributed by atoms with Crippen molar-refractivity contribution in [2.45, 2.75) is 30.8 Å². The first-order valence-corrected chi connectivity index (χ1v) is 11.8. The highest BCUT2D eigenvalue weighted by Crippen LogP contribution is 2.38. The van der Waals surface area contributed by atoms with Crippen molar-refractivity contribution >= 4 is 45.0 Å². The normalized spacial score (nSPS) is 15.7. The average Bonchev–Trinajstić information content (AvgIpc) is 3.27. The van der Waals surface area contributed by atoms with E-state index in [9.17, 15) is 13.2 Å². The van der Waals surface area contributed by atoms with Gasteiger partial charge in [-0.1, -0.05) is 41.4 Å². The van der Waals surface area contributed by atoms with Gasteiger partial charge in [-0.25, -0.2) is 8.42 Å². The molecule has 1 atom stereocenters. The van der Waals surface area contributed by atoms with Gasteiger partial charge in [0.05, 0.1) is 23.6 Å². The van der Waals surface area contributed by atoms with Crippen LogP contribution in [0.3, 0.4) is 0 Å². The van der Waals surface area contributed by atoms with Gasteiger partial charge < -0.3 is 4.90 Å². The molecule has 7 nitrogen and oxygen atoms in total. The van der Waals surface area contributed by atoms with Crippen LogP contribution in [0.25, 0.3) is 0 Å². The Morgan fingerprint density at radius 1 is 1.16 bits per heavy atom. The standard InChI is InChI=1S/C21H20Cl2N4O3S/c1-13-14-5-3-8-19(31(29,30)25-20-9-10-24-26(20)2)16(14)12-27(13)21(28)11-15-17(22)6-4-7-18(15)23/h3-10,13,25H,11-12H2,1-2H3/t13-/m0/s1. The van der Waals surface area contributed by atoms with Crippen LogP contribution >= 0.6 is 23.2 Å². The Morgan fingerprint density at radius 2 is 1.84 bits per heavy atom. The van der Waals surface area contributed by atoms with E-state index in [1.165, 1.54) is 10.9 Å². The van der Waals surface area contributed by atoms with E-state index in [0.29, 0.717) is 27.0 Å². The third-order valence-electron chi connectivity index (χ3n) is 5.47. The lowest BCUT2D eigenvalue weighted by molar-refractivity contribution is -0.132. The van der Waals surface area contributed by atoms with Crippen LogP contribution in [0.1, 0.15) is 29.7 Å². The summed E-state index contributed by atoms with van der Waals surface area (Å²) in [4.78, 5) is 14.9. The summed E-state index contributed by atoms with van der Waals surface area (Å²) in [6, 6.07) is 11.5. The SMILES string of the molecule is C[C@H]1c2cccc(S(=O)(=O)Nc3ccnn3C)c2CN1C(=O)Cc1c(Cl)cccc1Cl. The number of nitrogens with one attached hydrogen (secondary N) is 1. The maximum Gasteiger partial charge on any atom is 0.263 e. The number of hydrogen-bond acceptors (Lipinski definition) is 4. The van der Waals surface area contributed by atoms with Crippen LogP contribution in [-0.4, -0.2) is 29.0 Å². The number of rotatable bonds is 5. The smallest absolute Gasteiger partial charge is 0.263 e. The molecule has 2 heterocycles. The van der Waals surface area contributed by atoms with E-state index in [1.807, 2.05) is 13.0 Å². The Labute approximate surface area is 190 Å². The zero-order chi connectivity index (χ0) is 22.3. The van der Waals surface area contributed by atoms with E-state index in [0.717, 1.165) is 5.56 Å². The zero-order valence-corrected chi connectivity index (χ0v) is 19.2. The molecule has 0 bridgehead atoms. The van der Waals surface area contributed by atoms with Crippen LogP contribution in [0, 0.1) is 0 Å². The molecule has 10 heteroatoms. The zero-order valence-electron chi connectivity index (χ0n) is 16.8. The molecule has 0 fully saturated rings.